The number of nitrogens with zero attached hydrogens (tertiary/aromatic N) is 2. The first-order valence-electron chi connectivity index (χ1n) is 5.75. The van der Waals surface area contributed by atoms with E-state index in [1.165, 1.54) is 0 Å². The Kier molecular flexibility index (Phi) is 5.00. The Morgan fingerprint density at radius 2 is 1.95 bits per heavy atom. The Morgan fingerprint density at radius 3 is 2.65 bits per heavy atom. The highest BCUT2D eigenvalue weighted by atomic mass is 35.5. The zero-order valence-electron chi connectivity index (χ0n) is 11.0. The van der Waals surface area contributed by atoms with E-state index in [2.05, 4.69) is 15.3 Å². The summed E-state index contributed by atoms with van der Waals surface area (Å²) in [6.45, 7) is 0.279. The number of hydrogen-bond donors (Lipinski definition) is 1. The Balaban J connectivity index is 2.29. The highest BCUT2D eigenvalue weighted by molar-refractivity contribution is 6.33. The van der Waals surface area contributed by atoms with Crippen molar-refractivity contribution in [2.75, 3.05) is 19.5 Å². The van der Waals surface area contributed by atoms with Gasteiger partial charge in [-0.05, 0) is 12.1 Å². The molecular weight excluding hydrogens is 301 g/mol. The standard InChI is InChI=1S/C13H13Cl2N3O2/c1-19-7-13-17-11(15)6-12(18-13)16-10-5-8(20-2)3-4-9(10)14/h3-6H,7H2,1-2H3,(H,16,17,18). The first kappa shape index (κ1) is 14.8. The van der Waals surface area contributed by atoms with E-state index in [9.17, 15) is 0 Å². The molecule has 20 heavy (non-hydrogen) atoms. The number of benzene rings is 1. The van der Waals surface area contributed by atoms with Crippen molar-refractivity contribution in [1.29, 1.82) is 0 Å². The van der Waals surface area contributed by atoms with Crippen LogP contribution in [0.25, 0.3) is 0 Å². The van der Waals surface area contributed by atoms with Gasteiger partial charge in [-0.3, -0.25) is 0 Å². The Morgan fingerprint density at radius 1 is 1.15 bits per heavy atom. The number of hydrogen-bond acceptors (Lipinski definition) is 5. The summed E-state index contributed by atoms with van der Waals surface area (Å²) in [5, 5.41) is 3.96. The predicted molar refractivity (Wildman–Crippen MR) is 79.0 cm³/mol. The van der Waals surface area contributed by atoms with E-state index in [0.29, 0.717) is 33.3 Å². The van der Waals surface area contributed by atoms with Crippen molar-refractivity contribution in [3.63, 3.8) is 0 Å². The van der Waals surface area contributed by atoms with Crippen LogP contribution in [0.4, 0.5) is 11.5 Å². The lowest BCUT2D eigenvalue weighted by Gasteiger charge is -2.10. The zero-order valence-corrected chi connectivity index (χ0v) is 12.5. The quantitative estimate of drug-likeness (QED) is 0.853. The number of halogens is 2. The third kappa shape index (κ3) is 3.72. The smallest absolute Gasteiger partial charge is 0.158 e. The molecule has 0 unspecified atom stereocenters. The lowest BCUT2D eigenvalue weighted by Crippen LogP contribution is -2.02. The van der Waals surface area contributed by atoms with Crippen LogP contribution in [0, 0.1) is 0 Å². The summed E-state index contributed by atoms with van der Waals surface area (Å²) in [6.07, 6.45) is 0. The lowest BCUT2D eigenvalue weighted by molar-refractivity contribution is 0.178. The largest absolute Gasteiger partial charge is 0.497 e. The van der Waals surface area contributed by atoms with Crippen LogP contribution in [0.2, 0.25) is 10.2 Å². The van der Waals surface area contributed by atoms with Gasteiger partial charge in [-0.1, -0.05) is 23.2 Å². The van der Waals surface area contributed by atoms with Gasteiger partial charge in [0.1, 0.15) is 23.3 Å². The number of methoxy groups -OCH3 is 2. The Bertz CT molecular complexity index is 608. The second-order valence-electron chi connectivity index (χ2n) is 3.90. The fourth-order valence-corrected chi connectivity index (χ4v) is 1.95. The second kappa shape index (κ2) is 6.74. The molecule has 1 aromatic carbocycles. The molecule has 2 aromatic rings. The molecule has 0 saturated heterocycles. The molecule has 0 amide bonds. The third-order valence-electron chi connectivity index (χ3n) is 2.45. The van der Waals surface area contributed by atoms with Crippen molar-refractivity contribution < 1.29 is 9.47 Å². The highest BCUT2D eigenvalue weighted by Crippen LogP contribution is 2.29. The third-order valence-corrected chi connectivity index (χ3v) is 2.97. The van der Waals surface area contributed by atoms with Crippen molar-refractivity contribution in [1.82, 2.24) is 9.97 Å². The van der Waals surface area contributed by atoms with Gasteiger partial charge in [0.25, 0.3) is 0 Å². The average Bonchev–Trinajstić information content (AvgIpc) is 2.41. The van der Waals surface area contributed by atoms with Crippen LogP contribution in [0.5, 0.6) is 5.75 Å². The highest BCUT2D eigenvalue weighted by Gasteiger charge is 2.07. The number of nitrogens with one attached hydrogen (secondary N) is 1. The summed E-state index contributed by atoms with van der Waals surface area (Å²) >= 11 is 12.1. The van der Waals surface area contributed by atoms with Gasteiger partial charge >= 0.3 is 0 Å². The van der Waals surface area contributed by atoms with E-state index in [1.54, 1.807) is 38.5 Å². The Labute approximate surface area is 126 Å². The van der Waals surface area contributed by atoms with Crippen LogP contribution >= 0.6 is 23.2 Å². The molecule has 106 valence electrons. The molecular formula is C13H13Cl2N3O2. The number of anilines is 2. The minimum Gasteiger partial charge on any atom is -0.497 e. The maximum atomic E-state index is 6.12. The molecule has 0 fully saturated rings. The molecule has 0 bridgehead atoms. The average molecular weight is 314 g/mol. The normalized spacial score (nSPS) is 10.4. The number of aromatic nitrogens is 2. The molecule has 0 aliphatic rings. The van der Waals surface area contributed by atoms with Gasteiger partial charge in [-0.15, -0.1) is 0 Å². The van der Waals surface area contributed by atoms with Crippen molar-refractivity contribution in [3.05, 3.63) is 40.3 Å². The summed E-state index contributed by atoms with van der Waals surface area (Å²) in [6, 6.07) is 6.89. The van der Waals surface area contributed by atoms with Gasteiger partial charge < -0.3 is 14.8 Å². The fourth-order valence-electron chi connectivity index (χ4n) is 1.59. The number of rotatable bonds is 5. The maximum absolute atomic E-state index is 6.12. The predicted octanol–water partition coefficient (Wildman–Crippen LogP) is 3.68. The van der Waals surface area contributed by atoms with E-state index < -0.39 is 0 Å². The second-order valence-corrected chi connectivity index (χ2v) is 4.69. The summed E-state index contributed by atoms with van der Waals surface area (Å²) < 4.78 is 10.1. The number of ether oxygens (including phenoxy) is 2. The summed E-state index contributed by atoms with van der Waals surface area (Å²) in [4.78, 5) is 8.34. The van der Waals surface area contributed by atoms with Gasteiger partial charge in [0.15, 0.2) is 5.82 Å². The van der Waals surface area contributed by atoms with Gasteiger partial charge in [0.2, 0.25) is 0 Å². The Hall–Kier alpha value is -1.56. The van der Waals surface area contributed by atoms with Crippen molar-refractivity contribution in [2.45, 2.75) is 6.61 Å². The first-order valence-corrected chi connectivity index (χ1v) is 6.51. The molecule has 0 atom stereocenters. The molecule has 7 heteroatoms. The van der Waals surface area contributed by atoms with Crippen molar-refractivity contribution >= 4 is 34.7 Å². The van der Waals surface area contributed by atoms with E-state index in [1.807, 2.05) is 0 Å². The van der Waals surface area contributed by atoms with E-state index >= 15 is 0 Å². The van der Waals surface area contributed by atoms with Gasteiger partial charge in [0.05, 0.1) is 17.8 Å². The van der Waals surface area contributed by atoms with Crippen LogP contribution in [0.3, 0.4) is 0 Å². The van der Waals surface area contributed by atoms with Gasteiger partial charge in [0, 0.05) is 19.2 Å². The van der Waals surface area contributed by atoms with Gasteiger partial charge in [-0.2, -0.15) is 0 Å². The molecule has 1 N–H and O–H groups in total. The SMILES string of the molecule is COCc1nc(Cl)cc(Nc2cc(OC)ccc2Cl)n1. The molecule has 5 nitrogen and oxygen atoms in total. The monoisotopic (exact) mass is 313 g/mol. The van der Waals surface area contributed by atoms with Crippen LogP contribution < -0.4 is 10.1 Å². The minimum absolute atomic E-state index is 0.279. The fraction of sp³-hybridized carbons (Fsp3) is 0.231. The molecule has 2 rings (SSSR count). The summed E-state index contributed by atoms with van der Waals surface area (Å²) in [5.41, 5.74) is 0.671. The molecule has 0 aliphatic heterocycles. The molecule has 0 radical (unpaired) electrons. The van der Waals surface area contributed by atoms with E-state index in [-0.39, 0.29) is 6.61 Å². The molecule has 0 aliphatic carbocycles. The zero-order chi connectivity index (χ0) is 14.5. The molecule has 1 aromatic heterocycles. The first-order chi connectivity index (χ1) is 9.62. The molecule has 0 spiro atoms. The van der Waals surface area contributed by atoms with Crippen LogP contribution in [-0.4, -0.2) is 24.2 Å². The molecule has 1 heterocycles. The van der Waals surface area contributed by atoms with Gasteiger partial charge in [-0.25, -0.2) is 9.97 Å². The van der Waals surface area contributed by atoms with Crippen LogP contribution in [-0.2, 0) is 11.3 Å². The van der Waals surface area contributed by atoms with E-state index in [0.717, 1.165) is 0 Å². The topological polar surface area (TPSA) is 56.3 Å². The van der Waals surface area contributed by atoms with Crippen LogP contribution in [0.15, 0.2) is 24.3 Å². The molecule has 0 saturated carbocycles. The minimum atomic E-state index is 0.279. The lowest BCUT2D eigenvalue weighted by atomic mass is 10.3. The van der Waals surface area contributed by atoms with Crippen molar-refractivity contribution in [3.8, 4) is 5.75 Å². The summed E-state index contributed by atoms with van der Waals surface area (Å²) in [7, 11) is 3.15. The summed E-state index contributed by atoms with van der Waals surface area (Å²) in [5.74, 6) is 1.71. The van der Waals surface area contributed by atoms with Crippen LogP contribution in [0.1, 0.15) is 5.82 Å². The maximum Gasteiger partial charge on any atom is 0.158 e. The van der Waals surface area contributed by atoms with E-state index in [4.69, 9.17) is 32.7 Å². The van der Waals surface area contributed by atoms with Crippen molar-refractivity contribution in [2.24, 2.45) is 0 Å².